The molecule has 10 heteroatoms. The van der Waals surface area contributed by atoms with Gasteiger partial charge in [-0.15, -0.1) is 0 Å². The zero-order valence-corrected chi connectivity index (χ0v) is 17.7. The predicted octanol–water partition coefficient (Wildman–Crippen LogP) is 2.73. The monoisotopic (exact) mass is 446 g/mol. The lowest BCUT2D eigenvalue weighted by Gasteiger charge is -2.09. The highest BCUT2D eigenvalue weighted by molar-refractivity contribution is 6.31. The Labute approximate surface area is 184 Å². The average molecular weight is 447 g/mol. The van der Waals surface area contributed by atoms with Crippen molar-refractivity contribution in [3.05, 3.63) is 99.5 Å². The van der Waals surface area contributed by atoms with Gasteiger partial charge < -0.3 is 21.5 Å². The second-order valence-corrected chi connectivity index (χ2v) is 7.02. The van der Waals surface area contributed by atoms with Crippen molar-refractivity contribution in [2.75, 3.05) is 5.32 Å². The number of rotatable bonds is 5. The van der Waals surface area contributed by atoms with Crippen molar-refractivity contribution >= 4 is 22.9 Å². The Balaban J connectivity index is 0.000000289. The molecule has 31 heavy (non-hydrogen) atoms. The minimum atomic E-state index is 0. The number of pyridine rings is 3. The van der Waals surface area contributed by atoms with Crippen molar-refractivity contribution < 1.29 is 14.2 Å². The molecule has 0 spiro atoms. The SMILES string of the molecule is CCc1cnn2c(NCc3ccc[n+]([O-])c3)cc(Cl)cc12.F.NCc1ccc[n+]([O-])c1. The topological polar surface area (TPSA) is 109 Å². The molecule has 4 aromatic heterocycles. The highest BCUT2D eigenvalue weighted by atomic mass is 35.5. The van der Waals surface area contributed by atoms with Gasteiger partial charge in [0.25, 0.3) is 0 Å². The summed E-state index contributed by atoms with van der Waals surface area (Å²) >= 11 is 6.18. The smallest absolute Gasteiger partial charge is 0.185 e. The van der Waals surface area contributed by atoms with Crippen molar-refractivity contribution in [1.29, 1.82) is 0 Å². The largest absolute Gasteiger partial charge is 0.619 e. The number of nitrogens with two attached hydrogens (primary N) is 1. The van der Waals surface area contributed by atoms with Crippen LogP contribution in [0.25, 0.3) is 5.52 Å². The molecule has 0 fully saturated rings. The van der Waals surface area contributed by atoms with Crippen LogP contribution in [0.4, 0.5) is 10.5 Å². The van der Waals surface area contributed by atoms with E-state index >= 15 is 0 Å². The molecule has 4 rings (SSSR count). The van der Waals surface area contributed by atoms with Crippen LogP contribution >= 0.6 is 11.6 Å². The summed E-state index contributed by atoms with van der Waals surface area (Å²) in [4.78, 5) is 0. The molecule has 0 unspecified atom stereocenters. The fourth-order valence-electron chi connectivity index (χ4n) is 2.92. The van der Waals surface area contributed by atoms with Crippen molar-refractivity contribution in [2.45, 2.75) is 26.4 Å². The summed E-state index contributed by atoms with van der Waals surface area (Å²) in [5.74, 6) is 0.804. The third kappa shape index (κ3) is 6.27. The van der Waals surface area contributed by atoms with Gasteiger partial charge in [0.1, 0.15) is 5.82 Å². The van der Waals surface area contributed by atoms with Crippen LogP contribution in [0.2, 0.25) is 5.02 Å². The first-order chi connectivity index (χ1) is 14.5. The lowest BCUT2D eigenvalue weighted by Crippen LogP contribution is -2.25. The molecule has 3 N–H and O–H groups in total. The van der Waals surface area contributed by atoms with Gasteiger partial charge in [-0.3, -0.25) is 4.70 Å². The molecular weight excluding hydrogens is 423 g/mol. The summed E-state index contributed by atoms with van der Waals surface area (Å²) in [6, 6.07) is 10.8. The van der Waals surface area contributed by atoms with E-state index < -0.39 is 0 Å². The molecule has 0 saturated heterocycles. The van der Waals surface area contributed by atoms with Crippen LogP contribution in [-0.4, -0.2) is 9.61 Å². The Kier molecular flexibility index (Phi) is 8.53. The molecule has 0 atom stereocenters. The lowest BCUT2D eigenvalue weighted by atomic mass is 10.2. The predicted molar refractivity (Wildman–Crippen MR) is 118 cm³/mol. The minimum Gasteiger partial charge on any atom is -0.619 e. The molecule has 0 radical (unpaired) electrons. The minimum absolute atomic E-state index is 0. The summed E-state index contributed by atoms with van der Waals surface area (Å²) in [5.41, 5.74) is 9.16. The van der Waals surface area contributed by atoms with E-state index in [0.29, 0.717) is 18.1 Å². The first-order valence-electron chi connectivity index (χ1n) is 9.45. The fraction of sp³-hybridized carbons (Fsp3) is 0.190. The summed E-state index contributed by atoms with van der Waals surface area (Å²) in [7, 11) is 0. The maximum atomic E-state index is 11.3. The van der Waals surface area contributed by atoms with Crippen molar-refractivity contribution in [2.24, 2.45) is 5.73 Å². The van der Waals surface area contributed by atoms with E-state index in [1.807, 2.05) is 35.0 Å². The van der Waals surface area contributed by atoms with E-state index in [0.717, 1.165) is 43.9 Å². The van der Waals surface area contributed by atoms with Crippen molar-refractivity contribution in [3.63, 3.8) is 0 Å². The van der Waals surface area contributed by atoms with Gasteiger partial charge in [-0.25, -0.2) is 4.52 Å². The molecular formula is C21H24ClFN6O2. The fourth-order valence-corrected chi connectivity index (χ4v) is 3.13. The second kappa shape index (κ2) is 11.1. The summed E-state index contributed by atoms with van der Waals surface area (Å²) in [5, 5.41) is 30.1. The zero-order chi connectivity index (χ0) is 21.5. The first kappa shape index (κ1) is 23.8. The van der Waals surface area contributed by atoms with E-state index in [2.05, 4.69) is 17.3 Å². The number of hydrogen-bond acceptors (Lipinski definition) is 5. The molecule has 0 bridgehead atoms. The van der Waals surface area contributed by atoms with Gasteiger partial charge in [-0.1, -0.05) is 18.5 Å². The third-order valence-corrected chi connectivity index (χ3v) is 4.64. The first-order valence-corrected chi connectivity index (χ1v) is 9.83. The number of aromatic nitrogens is 4. The molecule has 0 aliphatic rings. The summed E-state index contributed by atoms with van der Waals surface area (Å²) < 4.78 is 3.36. The Hall–Kier alpha value is -3.43. The quantitative estimate of drug-likeness (QED) is 0.362. The molecule has 4 heterocycles. The van der Waals surface area contributed by atoms with Gasteiger partial charge in [-0.05, 0) is 36.2 Å². The van der Waals surface area contributed by atoms with E-state index in [1.165, 1.54) is 24.8 Å². The number of aryl methyl sites for hydroxylation is 1. The summed E-state index contributed by atoms with van der Waals surface area (Å²) in [6.07, 6.45) is 8.64. The lowest BCUT2D eigenvalue weighted by molar-refractivity contribution is -0.606. The van der Waals surface area contributed by atoms with Crippen LogP contribution in [-0.2, 0) is 19.5 Å². The Morgan fingerprint density at radius 3 is 2.32 bits per heavy atom. The molecule has 0 aliphatic carbocycles. The van der Waals surface area contributed by atoms with Gasteiger partial charge in [-0.2, -0.15) is 14.6 Å². The normalized spacial score (nSPS) is 10.2. The van der Waals surface area contributed by atoms with Gasteiger partial charge >= 0.3 is 0 Å². The van der Waals surface area contributed by atoms with E-state index in [1.54, 1.807) is 12.1 Å². The van der Waals surface area contributed by atoms with Crippen LogP contribution < -0.4 is 20.5 Å². The van der Waals surface area contributed by atoms with E-state index in [9.17, 15) is 10.4 Å². The highest BCUT2D eigenvalue weighted by Gasteiger charge is 2.08. The highest BCUT2D eigenvalue weighted by Crippen LogP contribution is 2.23. The second-order valence-electron chi connectivity index (χ2n) is 6.58. The van der Waals surface area contributed by atoms with Gasteiger partial charge in [0.15, 0.2) is 24.8 Å². The number of fused-ring (bicyclic) bond motifs is 1. The molecule has 4 aromatic rings. The molecule has 0 aliphatic heterocycles. The van der Waals surface area contributed by atoms with Crippen LogP contribution in [0.15, 0.2) is 67.4 Å². The third-order valence-electron chi connectivity index (χ3n) is 4.43. The number of nitrogens with zero attached hydrogens (tertiary/aromatic N) is 4. The van der Waals surface area contributed by atoms with Gasteiger partial charge in [0.2, 0.25) is 0 Å². The van der Waals surface area contributed by atoms with Gasteiger partial charge in [0, 0.05) is 41.4 Å². The van der Waals surface area contributed by atoms with Crippen molar-refractivity contribution in [3.8, 4) is 0 Å². The van der Waals surface area contributed by atoms with Crippen LogP contribution in [0, 0.1) is 10.4 Å². The maximum absolute atomic E-state index is 11.3. The van der Waals surface area contributed by atoms with E-state index in [4.69, 9.17) is 17.3 Å². The van der Waals surface area contributed by atoms with E-state index in [-0.39, 0.29) is 4.70 Å². The molecule has 0 amide bonds. The Bertz CT molecular complexity index is 1140. The molecule has 8 nitrogen and oxygen atoms in total. The Morgan fingerprint density at radius 1 is 1.10 bits per heavy atom. The number of hydrogen-bond donors (Lipinski definition) is 2. The average Bonchev–Trinajstić information content (AvgIpc) is 3.15. The van der Waals surface area contributed by atoms with Crippen molar-refractivity contribution in [1.82, 2.24) is 9.61 Å². The van der Waals surface area contributed by atoms with Crippen LogP contribution in [0.3, 0.4) is 0 Å². The van der Waals surface area contributed by atoms with Gasteiger partial charge in [0.05, 0.1) is 11.7 Å². The molecule has 0 saturated carbocycles. The van der Waals surface area contributed by atoms with Crippen LogP contribution in [0.5, 0.6) is 0 Å². The summed E-state index contributed by atoms with van der Waals surface area (Å²) in [6.45, 7) is 3.03. The maximum Gasteiger partial charge on any atom is 0.185 e. The standard InChI is InChI=1S/C15H15ClN4O.C6H8N2O.FH/c1-2-12-9-18-20-14(12)6-13(16)7-15(20)17-8-11-4-3-5-19(21)10-11;7-4-6-2-1-3-8(9)5-6;/h3-7,9-10,17H,2,8H2,1H3;1-3,5H,4,7H2;1H. The zero-order valence-electron chi connectivity index (χ0n) is 16.9. The van der Waals surface area contributed by atoms with Crippen LogP contribution in [0.1, 0.15) is 23.6 Å². The number of nitrogens with one attached hydrogen (secondary N) is 1. The molecule has 0 aromatic carbocycles. The molecule has 164 valence electrons. The Morgan fingerprint density at radius 2 is 1.74 bits per heavy atom. The number of anilines is 1. The number of halogens is 2.